The highest BCUT2D eigenvalue weighted by molar-refractivity contribution is 5.76. The molecule has 0 bridgehead atoms. The van der Waals surface area contributed by atoms with Gasteiger partial charge in [0.05, 0.1) is 0 Å². The number of nitrogens with zero attached hydrogens (tertiary/aromatic N) is 1. The molecule has 0 radical (unpaired) electrons. The van der Waals surface area contributed by atoms with E-state index >= 15 is 0 Å². The summed E-state index contributed by atoms with van der Waals surface area (Å²) < 4.78 is 25.1. The lowest BCUT2D eigenvalue weighted by atomic mass is 10.2. The van der Waals surface area contributed by atoms with E-state index in [0.717, 1.165) is 12.1 Å². The van der Waals surface area contributed by atoms with Gasteiger partial charge in [0, 0.05) is 18.6 Å². The molecule has 14 heavy (non-hydrogen) atoms. The Morgan fingerprint density at radius 2 is 2.00 bits per heavy atom. The van der Waals surface area contributed by atoms with Crippen molar-refractivity contribution in [1.29, 1.82) is 0 Å². The molecule has 0 fully saturated rings. The van der Waals surface area contributed by atoms with E-state index in [9.17, 15) is 13.6 Å². The van der Waals surface area contributed by atoms with Crippen LogP contribution in [-0.4, -0.2) is 10.9 Å². The standard InChI is InChI=1S/C9H8F2N2O/c10-7-4-6(5-8(11)13-7)2-1-3-9(12)14/h1-2,4-5H,3H2,(H2,12,14). The number of carbonyl (C=O) groups is 1. The van der Waals surface area contributed by atoms with E-state index in [1.54, 1.807) is 0 Å². The Hall–Kier alpha value is -1.78. The minimum Gasteiger partial charge on any atom is -0.369 e. The zero-order valence-electron chi connectivity index (χ0n) is 7.21. The first-order chi connectivity index (χ1) is 6.58. The Bertz CT molecular complexity index is 357. The number of hydrogen-bond donors (Lipinski definition) is 1. The number of nitrogens with two attached hydrogens (primary N) is 1. The molecule has 1 rings (SSSR count). The van der Waals surface area contributed by atoms with Crippen molar-refractivity contribution in [1.82, 2.24) is 4.98 Å². The van der Waals surface area contributed by atoms with Crippen LogP contribution in [0.3, 0.4) is 0 Å². The average molecular weight is 198 g/mol. The van der Waals surface area contributed by atoms with Gasteiger partial charge in [-0.15, -0.1) is 0 Å². The summed E-state index contributed by atoms with van der Waals surface area (Å²) >= 11 is 0. The van der Waals surface area contributed by atoms with Gasteiger partial charge in [-0.2, -0.15) is 13.8 Å². The Morgan fingerprint density at radius 1 is 1.43 bits per heavy atom. The summed E-state index contributed by atoms with van der Waals surface area (Å²) in [4.78, 5) is 13.3. The number of halogens is 2. The van der Waals surface area contributed by atoms with E-state index in [1.807, 2.05) is 0 Å². The highest BCUT2D eigenvalue weighted by Crippen LogP contribution is 2.06. The Labute approximate surface area is 79.3 Å². The molecule has 3 nitrogen and oxygen atoms in total. The van der Waals surface area contributed by atoms with Crippen molar-refractivity contribution in [3.8, 4) is 0 Å². The fraction of sp³-hybridized carbons (Fsp3) is 0.111. The summed E-state index contributed by atoms with van der Waals surface area (Å²) in [5.41, 5.74) is 5.17. The van der Waals surface area contributed by atoms with Gasteiger partial charge in [0.15, 0.2) is 0 Å². The van der Waals surface area contributed by atoms with Crippen LogP contribution in [0.1, 0.15) is 12.0 Å². The molecule has 0 spiro atoms. The highest BCUT2D eigenvalue weighted by Gasteiger charge is 1.98. The first-order valence-corrected chi connectivity index (χ1v) is 3.86. The Kier molecular flexibility index (Phi) is 3.28. The summed E-state index contributed by atoms with van der Waals surface area (Å²) in [5.74, 6) is -2.30. The summed E-state index contributed by atoms with van der Waals surface area (Å²) in [5, 5.41) is 0. The summed E-state index contributed by atoms with van der Waals surface area (Å²) in [7, 11) is 0. The maximum absolute atomic E-state index is 12.5. The SMILES string of the molecule is NC(=O)CC=Cc1cc(F)nc(F)c1. The normalized spacial score (nSPS) is 10.7. The third-order valence-corrected chi connectivity index (χ3v) is 1.41. The quantitative estimate of drug-likeness (QED) is 0.743. The third kappa shape index (κ3) is 3.30. The fourth-order valence-corrected chi connectivity index (χ4v) is 0.891. The molecule has 5 heteroatoms. The molecule has 0 aliphatic carbocycles. The Balaban J connectivity index is 2.76. The van der Waals surface area contributed by atoms with E-state index in [0.29, 0.717) is 5.56 Å². The zero-order valence-corrected chi connectivity index (χ0v) is 7.21. The second-order valence-electron chi connectivity index (χ2n) is 2.62. The predicted molar refractivity (Wildman–Crippen MR) is 47.0 cm³/mol. The largest absolute Gasteiger partial charge is 0.369 e. The van der Waals surface area contributed by atoms with Crippen LogP contribution < -0.4 is 5.73 Å². The van der Waals surface area contributed by atoms with E-state index in [4.69, 9.17) is 5.73 Å². The second-order valence-corrected chi connectivity index (χ2v) is 2.62. The van der Waals surface area contributed by atoms with Gasteiger partial charge < -0.3 is 5.73 Å². The van der Waals surface area contributed by atoms with Crippen molar-refractivity contribution >= 4 is 12.0 Å². The van der Waals surface area contributed by atoms with Crippen LogP contribution in [0.2, 0.25) is 0 Å². The third-order valence-electron chi connectivity index (χ3n) is 1.41. The lowest BCUT2D eigenvalue weighted by molar-refractivity contribution is -0.117. The maximum atomic E-state index is 12.5. The number of aromatic nitrogens is 1. The molecule has 0 saturated carbocycles. The Morgan fingerprint density at radius 3 is 2.50 bits per heavy atom. The van der Waals surface area contributed by atoms with E-state index in [1.165, 1.54) is 12.2 Å². The van der Waals surface area contributed by atoms with Crippen LogP contribution in [0.4, 0.5) is 8.78 Å². The molecule has 0 aliphatic rings. The lowest BCUT2D eigenvalue weighted by Crippen LogP contribution is -2.07. The van der Waals surface area contributed by atoms with Crippen molar-refractivity contribution in [2.75, 3.05) is 0 Å². The molecule has 0 aliphatic heterocycles. The number of pyridine rings is 1. The van der Waals surface area contributed by atoms with Crippen molar-refractivity contribution in [3.05, 3.63) is 35.7 Å². The van der Waals surface area contributed by atoms with Crippen LogP contribution >= 0.6 is 0 Å². The van der Waals surface area contributed by atoms with Gasteiger partial charge in [0.2, 0.25) is 17.8 Å². The highest BCUT2D eigenvalue weighted by atomic mass is 19.1. The maximum Gasteiger partial charge on any atom is 0.221 e. The van der Waals surface area contributed by atoms with Gasteiger partial charge in [0.1, 0.15) is 0 Å². The number of rotatable bonds is 3. The van der Waals surface area contributed by atoms with E-state index in [2.05, 4.69) is 4.98 Å². The molecule has 0 saturated heterocycles. The molecule has 0 unspecified atom stereocenters. The first-order valence-electron chi connectivity index (χ1n) is 3.86. The van der Waals surface area contributed by atoms with E-state index in [-0.39, 0.29) is 6.42 Å². The minimum atomic E-state index is -0.899. The second kappa shape index (κ2) is 4.45. The summed E-state index contributed by atoms with van der Waals surface area (Å²) in [6.45, 7) is 0. The van der Waals surface area contributed by atoms with Gasteiger partial charge in [-0.1, -0.05) is 12.2 Å². The number of amides is 1. The van der Waals surface area contributed by atoms with Gasteiger partial charge in [-0.05, 0) is 5.56 Å². The smallest absolute Gasteiger partial charge is 0.221 e. The summed E-state index contributed by atoms with van der Waals surface area (Å²) in [6.07, 6.45) is 2.86. The van der Waals surface area contributed by atoms with Crippen molar-refractivity contribution < 1.29 is 13.6 Å². The van der Waals surface area contributed by atoms with Crippen molar-refractivity contribution in [2.24, 2.45) is 5.73 Å². The molecule has 1 heterocycles. The molecular formula is C9H8F2N2O. The van der Waals surface area contributed by atoms with Gasteiger partial charge in [-0.3, -0.25) is 4.79 Å². The van der Waals surface area contributed by atoms with Crippen LogP contribution in [0.25, 0.3) is 6.08 Å². The average Bonchev–Trinajstić information content (AvgIpc) is 2.01. The van der Waals surface area contributed by atoms with Crippen LogP contribution in [0, 0.1) is 11.9 Å². The minimum absolute atomic E-state index is 0.0333. The monoisotopic (exact) mass is 198 g/mol. The van der Waals surface area contributed by atoms with Crippen LogP contribution in [0.5, 0.6) is 0 Å². The molecule has 0 atom stereocenters. The van der Waals surface area contributed by atoms with Gasteiger partial charge >= 0.3 is 0 Å². The van der Waals surface area contributed by atoms with Crippen LogP contribution in [-0.2, 0) is 4.79 Å². The van der Waals surface area contributed by atoms with Gasteiger partial charge in [-0.25, -0.2) is 0 Å². The number of carbonyl (C=O) groups excluding carboxylic acids is 1. The molecule has 1 aromatic heterocycles. The number of hydrogen-bond acceptors (Lipinski definition) is 2. The lowest BCUT2D eigenvalue weighted by Gasteiger charge is -1.93. The van der Waals surface area contributed by atoms with Crippen LogP contribution in [0.15, 0.2) is 18.2 Å². The molecule has 0 aromatic carbocycles. The van der Waals surface area contributed by atoms with Crippen molar-refractivity contribution in [2.45, 2.75) is 6.42 Å². The van der Waals surface area contributed by atoms with E-state index < -0.39 is 17.8 Å². The van der Waals surface area contributed by atoms with Crippen molar-refractivity contribution in [3.63, 3.8) is 0 Å². The number of primary amides is 1. The summed E-state index contributed by atoms with van der Waals surface area (Å²) in [6, 6.07) is 2.11. The topological polar surface area (TPSA) is 56.0 Å². The first kappa shape index (κ1) is 10.3. The zero-order chi connectivity index (χ0) is 10.6. The molecular weight excluding hydrogens is 190 g/mol. The molecule has 74 valence electrons. The predicted octanol–water partition coefficient (Wildman–Crippen LogP) is 1.25. The molecule has 1 aromatic rings. The molecule has 2 N–H and O–H groups in total. The fourth-order valence-electron chi connectivity index (χ4n) is 0.891. The van der Waals surface area contributed by atoms with Gasteiger partial charge in [0.25, 0.3) is 0 Å². The molecule has 1 amide bonds.